The molecule has 2 aromatic carbocycles. The van der Waals surface area contributed by atoms with Crippen LogP contribution in [0.1, 0.15) is 30.2 Å². The molecule has 2 unspecified atom stereocenters. The summed E-state index contributed by atoms with van der Waals surface area (Å²) in [5.74, 6) is 0.0650. The summed E-state index contributed by atoms with van der Waals surface area (Å²) in [5, 5.41) is 14.2. The second kappa shape index (κ2) is 11.6. The van der Waals surface area contributed by atoms with Crippen molar-refractivity contribution < 1.29 is 18.6 Å². The maximum Gasteiger partial charge on any atom is 0.387 e. The second-order valence-corrected chi connectivity index (χ2v) is 6.57. The summed E-state index contributed by atoms with van der Waals surface area (Å²) in [5.41, 5.74) is 7.02. The van der Waals surface area contributed by atoms with E-state index in [0.29, 0.717) is 15.6 Å². The Morgan fingerprint density at radius 2 is 1.96 bits per heavy atom. The Morgan fingerprint density at radius 1 is 1.25 bits per heavy atom. The molecule has 154 valence electrons. The molecule has 2 aromatic rings. The first-order valence-corrected chi connectivity index (χ1v) is 8.76. The number of alkyl halides is 2. The summed E-state index contributed by atoms with van der Waals surface area (Å²) >= 11 is 12.0. The monoisotopic (exact) mass is 545 g/mol. The molecule has 0 fully saturated rings. The molecule has 4 N–H and O–H groups in total. The fourth-order valence-electron chi connectivity index (χ4n) is 2.39. The number of benzene rings is 2. The van der Waals surface area contributed by atoms with E-state index >= 15 is 0 Å². The van der Waals surface area contributed by atoms with Gasteiger partial charge in [0.15, 0.2) is 5.96 Å². The van der Waals surface area contributed by atoms with Crippen LogP contribution >= 0.6 is 47.2 Å². The quantitative estimate of drug-likeness (QED) is 0.262. The highest BCUT2D eigenvalue weighted by atomic mass is 127. The summed E-state index contributed by atoms with van der Waals surface area (Å²) in [4.78, 5) is 4.08. The highest BCUT2D eigenvalue weighted by molar-refractivity contribution is 14.0. The number of hydrogen-bond donors (Lipinski definition) is 3. The Hall–Kier alpha value is -1.36. The Morgan fingerprint density at radius 3 is 2.61 bits per heavy atom. The van der Waals surface area contributed by atoms with Crippen molar-refractivity contribution in [1.29, 1.82) is 0 Å². The van der Waals surface area contributed by atoms with Gasteiger partial charge in [-0.2, -0.15) is 8.78 Å². The minimum absolute atomic E-state index is 0. The SMILES string of the molecule is CC(NC(N)=NCC(O)c1cccc(OC(F)F)c1)c1ccc(Cl)cc1Cl.I. The van der Waals surface area contributed by atoms with E-state index in [1.807, 2.05) is 6.92 Å². The van der Waals surface area contributed by atoms with Gasteiger partial charge in [0.2, 0.25) is 0 Å². The lowest BCUT2D eigenvalue weighted by molar-refractivity contribution is -0.0499. The van der Waals surface area contributed by atoms with Gasteiger partial charge in [0.25, 0.3) is 0 Å². The molecule has 2 rings (SSSR count). The van der Waals surface area contributed by atoms with Gasteiger partial charge in [-0.3, -0.25) is 4.99 Å². The van der Waals surface area contributed by atoms with Gasteiger partial charge in [-0.15, -0.1) is 24.0 Å². The van der Waals surface area contributed by atoms with Crippen molar-refractivity contribution in [2.24, 2.45) is 10.7 Å². The predicted molar refractivity (Wildman–Crippen MR) is 118 cm³/mol. The molecule has 0 spiro atoms. The van der Waals surface area contributed by atoms with Crippen molar-refractivity contribution in [3.8, 4) is 5.75 Å². The third-order valence-corrected chi connectivity index (χ3v) is 4.26. The van der Waals surface area contributed by atoms with Crippen molar-refractivity contribution in [1.82, 2.24) is 5.32 Å². The number of halogens is 5. The first kappa shape index (κ1) is 24.7. The molecule has 10 heteroatoms. The average molecular weight is 546 g/mol. The zero-order chi connectivity index (χ0) is 20.0. The van der Waals surface area contributed by atoms with Crippen molar-refractivity contribution >= 4 is 53.1 Å². The van der Waals surface area contributed by atoms with Gasteiger partial charge < -0.3 is 20.9 Å². The fraction of sp³-hybridized carbons (Fsp3) is 0.278. The van der Waals surface area contributed by atoms with Crippen molar-refractivity contribution in [2.75, 3.05) is 6.54 Å². The van der Waals surface area contributed by atoms with Crippen molar-refractivity contribution in [3.63, 3.8) is 0 Å². The first-order valence-electron chi connectivity index (χ1n) is 8.00. The van der Waals surface area contributed by atoms with E-state index in [2.05, 4.69) is 15.0 Å². The van der Waals surface area contributed by atoms with Crippen LogP contribution in [0, 0.1) is 0 Å². The molecule has 0 bridgehead atoms. The zero-order valence-corrected chi connectivity index (χ0v) is 18.6. The lowest BCUT2D eigenvalue weighted by Gasteiger charge is -2.17. The number of aliphatic hydroxyl groups is 1. The van der Waals surface area contributed by atoms with Gasteiger partial charge in [-0.05, 0) is 42.3 Å². The van der Waals surface area contributed by atoms with E-state index in [4.69, 9.17) is 28.9 Å². The third kappa shape index (κ3) is 7.57. The van der Waals surface area contributed by atoms with Gasteiger partial charge in [0.1, 0.15) is 5.75 Å². The van der Waals surface area contributed by atoms with Crippen LogP contribution in [-0.2, 0) is 0 Å². The number of aliphatic hydroxyl groups excluding tert-OH is 1. The number of guanidine groups is 1. The molecule has 0 aliphatic rings. The van der Waals surface area contributed by atoms with E-state index in [9.17, 15) is 13.9 Å². The summed E-state index contributed by atoms with van der Waals surface area (Å²) < 4.78 is 28.9. The van der Waals surface area contributed by atoms with E-state index < -0.39 is 12.7 Å². The van der Waals surface area contributed by atoms with E-state index in [1.54, 1.807) is 24.3 Å². The van der Waals surface area contributed by atoms with E-state index in [-0.39, 0.29) is 48.3 Å². The molecular formula is C18H20Cl2F2IN3O2. The molecule has 0 aliphatic heterocycles. The van der Waals surface area contributed by atoms with Crippen LogP contribution in [0.5, 0.6) is 5.75 Å². The molecule has 0 aliphatic carbocycles. The Balaban J connectivity index is 0.00000392. The summed E-state index contributed by atoms with van der Waals surface area (Å²) in [7, 11) is 0. The highest BCUT2D eigenvalue weighted by Gasteiger charge is 2.13. The summed E-state index contributed by atoms with van der Waals surface area (Å²) in [6, 6.07) is 10.7. The molecule has 0 radical (unpaired) electrons. The molecule has 28 heavy (non-hydrogen) atoms. The third-order valence-electron chi connectivity index (χ3n) is 3.70. The maximum absolute atomic E-state index is 12.3. The lowest BCUT2D eigenvalue weighted by atomic mass is 10.1. The molecule has 0 amide bonds. The van der Waals surface area contributed by atoms with Gasteiger partial charge in [0, 0.05) is 10.0 Å². The number of ether oxygens (including phenoxy) is 1. The minimum Gasteiger partial charge on any atom is -0.435 e. The molecule has 0 heterocycles. The van der Waals surface area contributed by atoms with Gasteiger partial charge in [-0.25, -0.2) is 0 Å². The predicted octanol–water partition coefficient (Wildman–Crippen LogP) is 4.91. The molecule has 5 nitrogen and oxygen atoms in total. The normalized spacial score (nSPS) is 13.6. The minimum atomic E-state index is -2.93. The first-order chi connectivity index (χ1) is 12.8. The molecule has 0 saturated heterocycles. The van der Waals surface area contributed by atoms with E-state index in [1.165, 1.54) is 18.2 Å². The van der Waals surface area contributed by atoms with Crippen LogP contribution in [-0.4, -0.2) is 24.2 Å². The summed E-state index contributed by atoms with van der Waals surface area (Å²) in [6.45, 7) is -1.15. The lowest BCUT2D eigenvalue weighted by Crippen LogP contribution is -2.34. The van der Waals surface area contributed by atoms with Crippen molar-refractivity contribution in [2.45, 2.75) is 25.7 Å². The van der Waals surface area contributed by atoms with Crippen LogP contribution < -0.4 is 15.8 Å². The van der Waals surface area contributed by atoms with Crippen LogP contribution in [0.4, 0.5) is 8.78 Å². The fourth-order valence-corrected chi connectivity index (χ4v) is 2.96. The van der Waals surface area contributed by atoms with Gasteiger partial charge in [0.05, 0.1) is 18.7 Å². The molecule has 0 saturated carbocycles. The van der Waals surface area contributed by atoms with Crippen LogP contribution in [0.25, 0.3) is 0 Å². The maximum atomic E-state index is 12.3. The standard InChI is InChI=1S/C18H19Cl2F2N3O2.HI/c1-10(14-6-5-12(19)8-15(14)20)25-18(23)24-9-16(26)11-3-2-4-13(7-11)27-17(21)22;/h2-8,10,16-17,26H,9H2,1H3,(H3,23,24,25);1H. The number of nitrogens with zero attached hydrogens (tertiary/aromatic N) is 1. The Bertz CT molecular complexity index is 812. The second-order valence-electron chi connectivity index (χ2n) is 5.72. The Labute approximate surface area is 188 Å². The number of nitrogens with one attached hydrogen (secondary N) is 1. The molecular weight excluding hydrogens is 526 g/mol. The summed E-state index contributed by atoms with van der Waals surface area (Å²) in [6.07, 6.45) is -1.03. The Kier molecular flexibility index (Phi) is 10.2. The molecule has 2 atom stereocenters. The van der Waals surface area contributed by atoms with Gasteiger partial charge >= 0.3 is 6.61 Å². The largest absolute Gasteiger partial charge is 0.435 e. The van der Waals surface area contributed by atoms with Gasteiger partial charge in [-0.1, -0.05) is 41.4 Å². The number of aliphatic imine (C=N–C) groups is 1. The number of hydrogen-bond acceptors (Lipinski definition) is 3. The van der Waals surface area contributed by atoms with E-state index in [0.717, 1.165) is 5.56 Å². The smallest absolute Gasteiger partial charge is 0.387 e. The molecule has 0 aromatic heterocycles. The zero-order valence-electron chi connectivity index (χ0n) is 14.8. The van der Waals surface area contributed by atoms with Crippen molar-refractivity contribution in [3.05, 3.63) is 63.6 Å². The number of rotatable bonds is 7. The highest BCUT2D eigenvalue weighted by Crippen LogP contribution is 2.26. The topological polar surface area (TPSA) is 79.9 Å². The van der Waals surface area contributed by atoms with Crippen LogP contribution in [0.15, 0.2) is 47.5 Å². The van der Waals surface area contributed by atoms with Crippen LogP contribution in [0.2, 0.25) is 10.0 Å². The number of nitrogens with two attached hydrogens (primary N) is 1. The van der Waals surface area contributed by atoms with Crippen LogP contribution in [0.3, 0.4) is 0 Å². The average Bonchev–Trinajstić information content (AvgIpc) is 2.59.